The van der Waals surface area contributed by atoms with Gasteiger partial charge in [0.25, 0.3) is 0 Å². The quantitative estimate of drug-likeness (QED) is 0.714. The predicted molar refractivity (Wildman–Crippen MR) is 72.0 cm³/mol. The number of halogens is 1. The van der Waals surface area contributed by atoms with Gasteiger partial charge in [-0.15, -0.1) is 12.4 Å². The van der Waals surface area contributed by atoms with E-state index in [4.69, 9.17) is 0 Å². The molecule has 0 aliphatic rings. The highest BCUT2D eigenvalue weighted by molar-refractivity contribution is 5.85. The molecule has 1 atom stereocenters. The first-order chi connectivity index (χ1) is 6.37. The van der Waals surface area contributed by atoms with Crippen molar-refractivity contribution in [2.45, 2.75) is 47.1 Å². The summed E-state index contributed by atoms with van der Waals surface area (Å²) < 4.78 is 0. The summed E-state index contributed by atoms with van der Waals surface area (Å²) in [5.74, 6) is 0. The van der Waals surface area contributed by atoms with Gasteiger partial charge in [0.15, 0.2) is 0 Å². The molecule has 2 nitrogen and oxygen atoms in total. The van der Waals surface area contributed by atoms with Gasteiger partial charge in [-0.05, 0) is 25.8 Å². The zero-order chi connectivity index (χ0) is 11.2. The molecule has 0 rings (SSSR count). The van der Waals surface area contributed by atoms with Gasteiger partial charge >= 0.3 is 0 Å². The van der Waals surface area contributed by atoms with E-state index in [-0.39, 0.29) is 12.4 Å². The van der Waals surface area contributed by atoms with E-state index in [0.717, 1.165) is 19.6 Å². The van der Waals surface area contributed by atoms with Crippen molar-refractivity contribution in [1.29, 1.82) is 0 Å². The van der Waals surface area contributed by atoms with Crippen LogP contribution in [0.15, 0.2) is 0 Å². The lowest BCUT2D eigenvalue weighted by Crippen LogP contribution is -2.37. The molecule has 0 fully saturated rings. The van der Waals surface area contributed by atoms with Gasteiger partial charge in [0, 0.05) is 25.7 Å². The van der Waals surface area contributed by atoms with Crippen LogP contribution in [-0.2, 0) is 0 Å². The Morgan fingerprint density at radius 2 is 1.80 bits per heavy atom. The van der Waals surface area contributed by atoms with Crippen LogP contribution in [0.1, 0.15) is 41.0 Å². The number of likely N-dealkylation sites (N-methyl/N-ethyl adjacent to an activating group) is 1. The topological polar surface area (TPSA) is 15.3 Å². The molecule has 94 valence electrons. The smallest absolute Gasteiger partial charge is 0.0107 e. The summed E-state index contributed by atoms with van der Waals surface area (Å²) in [6.07, 6.45) is 1.23. The van der Waals surface area contributed by atoms with Gasteiger partial charge in [0.1, 0.15) is 0 Å². The molecule has 0 amide bonds. The molecule has 0 bridgehead atoms. The zero-order valence-electron chi connectivity index (χ0n) is 11.3. The summed E-state index contributed by atoms with van der Waals surface area (Å²) in [6, 6.07) is 0.700. The Kier molecular flexibility index (Phi) is 9.82. The minimum atomic E-state index is 0. The van der Waals surface area contributed by atoms with Gasteiger partial charge < -0.3 is 10.2 Å². The zero-order valence-corrected chi connectivity index (χ0v) is 12.1. The molecule has 0 aliphatic heterocycles. The summed E-state index contributed by atoms with van der Waals surface area (Å²) in [5, 5.41) is 3.49. The molecule has 0 aromatic rings. The maximum Gasteiger partial charge on any atom is 0.0107 e. The Labute approximate surface area is 102 Å². The number of nitrogens with zero attached hydrogens (tertiary/aromatic N) is 1. The third kappa shape index (κ3) is 10.5. The summed E-state index contributed by atoms with van der Waals surface area (Å²) >= 11 is 0. The van der Waals surface area contributed by atoms with Gasteiger partial charge in [0.2, 0.25) is 0 Å². The second-order valence-electron chi connectivity index (χ2n) is 5.48. The Hall–Kier alpha value is 0.210. The lowest BCUT2D eigenvalue weighted by Gasteiger charge is -2.25. The first-order valence-electron chi connectivity index (χ1n) is 5.78. The van der Waals surface area contributed by atoms with E-state index in [1.807, 2.05) is 0 Å². The molecular weight excluding hydrogens is 208 g/mol. The fourth-order valence-electron chi connectivity index (χ4n) is 1.25. The van der Waals surface area contributed by atoms with Crippen molar-refractivity contribution in [2.24, 2.45) is 5.41 Å². The number of hydrogen-bond acceptors (Lipinski definition) is 2. The second-order valence-corrected chi connectivity index (χ2v) is 5.48. The molecule has 3 heteroatoms. The molecule has 0 aromatic heterocycles. The lowest BCUT2D eigenvalue weighted by molar-refractivity contribution is 0.246. The second kappa shape index (κ2) is 8.37. The summed E-state index contributed by atoms with van der Waals surface area (Å²) in [4.78, 5) is 2.41. The van der Waals surface area contributed by atoms with Crippen LogP contribution in [0.5, 0.6) is 0 Å². The van der Waals surface area contributed by atoms with Gasteiger partial charge in [-0.2, -0.15) is 0 Å². The monoisotopic (exact) mass is 236 g/mol. The van der Waals surface area contributed by atoms with E-state index in [0.29, 0.717) is 11.5 Å². The fraction of sp³-hybridized carbons (Fsp3) is 1.00. The lowest BCUT2D eigenvalue weighted by atomic mass is 9.97. The van der Waals surface area contributed by atoms with E-state index in [1.165, 1.54) is 6.42 Å². The Balaban J connectivity index is 0. The van der Waals surface area contributed by atoms with Crippen molar-refractivity contribution in [1.82, 2.24) is 10.2 Å². The normalized spacial score (nSPS) is 13.8. The highest BCUT2D eigenvalue weighted by Gasteiger charge is 2.09. The van der Waals surface area contributed by atoms with Crippen LogP contribution in [0.25, 0.3) is 0 Å². The number of rotatable bonds is 6. The molecular formula is C12H29ClN2. The van der Waals surface area contributed by atoms with Crippen LogP contribution >= 0.6 is 12.4 Å². The molecule has 0 radical (unpaired) electrons. The maximum atomic E-state index is 3.49. The van der Waals surface area contributed by atoms with E-state index in [2.05, 4.69) is 51.9 Å². The Morgan fingerprint density at radius 1 is 1.27 bits per heavy atom. The highest BCUT2D eigenvalue weighted by atomic mass is 35.5. The van der Waals surface area contributed by atoms with Crippen molar-refractivity contribution in [2.75, 3.05) is 26.7 Å². The highest BCUT2D eigenvalue weighted by Crippen LogP contribution is 2.09. The minimum absolute atomic E-state index is 0. The van der Waals surface area contributed by atoms with Crippen LogP contribution in [0.2, 0.25) is 0 Å². The van der Waals surface area contributed by atoms with Crippen LogP contribution in [-0.4, -0.2) is 37.6 Å². The summed E-state index contributed by atoms with van der Waals surface area (Å²) in [6.45, 7) is 14.6. The standard InChI is InChI=1S/C12H28N2.ClH/c1-7-11(2)14(6)9-8-13-10-12(3,4)5;/h11,13H,7-10H2,1-6H3;1H. The first kappa shape index (κ1) is 17.6. The average Bonchev–Trinajstić information content (AvgIpc) is 2.09. The van der Waals surface area contributed by atoms with Crippen molar-refractivity contribution in [3.63, 3.8) is 0 Å². The van der Waals surface area contributed by atoms with Crippen molar-refractivity contribution in [3.05, 3.63) is 0 Å². The molecule has 1 N–H and O–H groups in total. The van der Waals surface area contributed by atoms with Gasteiger partial charge in [0.05, 0.1) is 0 Å². The fourth-order valence-corrected chi connectivity index (χ4v) is 1.25. The molecule has 0 aromatic carbocycles. The van der Waals surface area contributed by atoms with Crippen molar-refractivity contribution in [3.8, 4) is 0 Å². The van der Waals surface area contributed by atoms with Gasteiger partial charge in [-0.1, -0.05) is 27.7 Å². The molecule has 0 spiro atoms. The van der Waals surface area contributed by atoms with E-state index in [9.17, 15) is 0 Å². The Morgan fingerprint density at radius 3 is 2.20 bits per heavy atom. The molecule has 0 aliphatic carbocycles. The van der Waals surface area contributed by atoms with Crippen molar-refractivity contribution < 1.29 is 0 Å². The molecule has 0 heterocycles. The van der Waals surface area contributed by atoms with Gasteiger partial charge in [-0.3, -0.25) is 0 Å². The maximum absolute atomic E-state index is 3.49. The summed E-state index contributed by atoms with van der Waals surface area (Å²) in [5.41, 5.74) is 0.398. The van der Waals surface area contributed by atoms with E-state index in [1.54, 1.807) is 0 Å². The van der Waals surface area contributed by atoms with Crippen LogP contribution in [0.3, 0.4) is 0 Å². The van der Waals surface area contributed by atoms with E-state index < -0.39 is 0 Å². The third-order valence-electron chi connectivity index (χ3n) is 2.64. The largest absolute Gasteiger partial charge is 0.315 e. The number of hydrogen-bond donors (Lipinski definition) is 1. The molecule has 0 saturated heterocycles. The van der Waals surface area contributed by atoms with Crippen LogP contribution in [0.4, 0.5) is 0 Å². The molecule has 0 saturated carbocycles. The average molecular weight is 237 g/mol. The van der Waals surface area contributed by atoms with Crippen LogP contribution in [0, 0.1) is 5.41 Å². The minimum Gasteiger partial charge on any atom is -0.315 e. The molecule has 15 heavy (non-hydrogen) atoms. The Bertz CT molecular complexity index is 143. The molecule has 1 unspecified atom stereocenters. The third-order valence-corrected chi connectivity index (χ3v) is 2.64. The van der Waals surface area contributed by atoms with Crippen LogP contribution < -0.4 is 5.32 Å². The first-order valence-corrected chi connectivity index (χ1v) is 5.78. The van der Waals surface area contributed by atoms with Crippen molar-refractivity contribution >= 4 is 12.4 Å². The predicted octanol–water partition coefficient (Wildman–Crippen LogP) is 2.77. The summed E-state index contributed by atoms with van der Waals surface area (Å²) in [7, 11) is 2.20. The number of nitrogens with one attached hydrogen (secondary N) is 1. The van der Waals surface area contributed by atoms with E-state index >= 15 is 0 Å². The SMILES string of the molecule is CCC(C)N(C)CCNCC(C)(C)C.Cl. The van der Waals surface area contributed by atoms with Gasteiger partial charge in [-0.25, -0.2) is 0 Å².